The number of aromatic nitrogens is 1. The van der Waals surface area contributed by atoms with E-state index in [1.807, 2.05) is 32.0 Å². The number of rotatable bonds is 7. The van der Waals surface area contributed by atoms with E-state index in [0.717, 1.165) is 12.0 Å². The van der Waals surface area contributed by atoms with Crippen LogP contribution in [0.1, 0.15) is 48.1 Å². The number of hydrogen-bond donors (Lipinski definition) is 1. The van der Waals surface area contributed by atoms with Crippen LogP contribution >= 0.6 is 0 Å². The van der Waals surface area contributed by atoms with Gasteiger partial charge in [-0.15, -0.1) is 0 Å². The Kier molecular flexibility index (Phi) is 5.62. The van der Waals surface area contributed by atoms with Crippen molar-refractivity contribution in [3.05, 3.63) is 41.3 Å². The first kappa shape index (κ1) is 16.9. The summed E-state index contributed by atoms with van der Waals surface area (Å²) in [4.78, 5) is 12.1. The monoisotopic (exact) mass is 318 g/mol. The maximum absolute atomic E-state index is 12.1. The summed E-state index contributed by atoms with van der Waals surface area (Å²) in [6.07, 6.45) is 0.925. The lowest BCUT2D eigenvalue weighted by atomic mass is 10.1. The second-order valence-electron chi connectivity index (χ2n) is 5.28. The third-order valence-corrected chi connectivity index (χ3v) is 3.36. The minimum atomic E-state index is -0.278. The summed E-state index contributed by atoms with van der Waals surface area (Å²) >= 11 is 0. The second kappa shape index (κ2) is 7.67. The number of nitrogens with zero attached hydrogens (tertiary/aromatic N) is 1. The smallest absolute Gasteiger partial charge is 0.273 e. The van der Waals surface area contributed by atoms with E-state index in [4.69, 9.17) is 14.0 Å². The van der Waals surface area contributed by atoms with E-state index in [1.54, 1.807) is 20.1 Å². The van der Waals surface area contributed by atoms with Gasteiger partial charge in [-0.05, 0) is 38.0 Å². The zero-order valence-corrected chi connectivity index (χ0v) is 13.9. The third kappa shape index (κ3) is 4.25. The van der Waals surface area contributed by atoms with Gasteiger partial charge in [-0.2, -0.15) is 0 Å². The van der Waals surface area contributed by atoms with Crippen LogP contribution in [-0.2, 0) is 0 Å². The van der Waals surface area contributed by atoms with Crippen LogP contribution in [0.15, 0.2) is 28.8 Å². The molecule has 1 atom stereocenters. The SMILES string of the molecule is CCCOc1ccc(C(C)NC(=O)c2cc(C)on2)cc1OC. The van der Waals surface area contributed by atoms with E-state index >= 15 is 0 Å². The van der Waals surface area contributed by atoms with Crippen molar-refractivity contribution in [1.82, 2.24) is 10.5 Å². The Balaban J connectivity index is 2.09. The molecule has 0 spiro atoms. The fourth-order valence-electron chi connectivity index (χ4n) is 2.11. The molecule has 1 aromatic carbocycles. The number of benzene rings is 1. The number of aryl methyl sites for hydroxylation is 1. The van der Waals surface area contributed by atoms with E-state index in [2.05, 4.69) is 10.5 Å². The second-order valence-corrected chi connectivity index (χ2v) is 5.28. The van der Waals surface area contributed by atoms with Crippen molar-refractivity contribution in [3.8, 4) is 11.5 Å². The number of carbonyl (C=O) groups is 1. The molecule has 0 bridgehead atoms. The van der Waals surface area contributed by atoms with Gasteiger partial charge in [-0.3, -0.25) is 4.79 Å². The lowest BCUT2D eigenvalue weighted by molar-refractivity contribution is 0.0930. The molecule has 0 aliphatic carbocycles. The van der Waals surface area contributed by atoms with Crippen LogP contribution in [0.4, 0.5) is 0 Å². The Bertz CT molecular complexity index is 666. The normalized spacial score (nSPS) is 11.8. The molecule has 23 heavy (non-hydrogen) atoms. The molecule has 0 saturated heterocycles. The molecule has 2 rings (SSSR count). The maximum Gasteiger partial charge on any atom is 0.273 e. The fourth-order valence-corrected chi connectivity index (χ4v) is 2.11. The predicted molar refractivity (Wildman–Crippen MR) is 85.9 cm³/mol. The quantitative estimate of drug-likeness (QED) is 0.848. The van der Waals surface area contributed by atoms with Crippen LogP contribution in [0.2, 0.25) is 0 Å². The van der Waals surface area contributed by atoms with E-state index in [-0.39, 0.29) is 17.6 Å². The Morgan fingerprint density at radius 2 is 2.13 bits per heavy atom. The third-order valence-electron chi connectivity index (χ3n) is 3.36. The van der Waals surface area contributed by atoms with Gasteiger partial charge in [0.15, 0.2) is 17.2 Å². The van der Waals surface area contributed by atoms with Crippen LogP contribution in [0, 0.1) is 6.92 Å². The molecular weight excluding hydrogens is 296 g/mol. The van der Waals surface area contributed by atoms with E-state index in [1.165, 1.54) is 0 Å². The van der Waals surface area contributed by atoms with Gasteiger partial charge in [-0.25, -0.2) is 0 Å². The Labute approximate surface area is 135 Å². The Hall–Kier alpha value is -2.50. The molecule has 1 aromatic heterocycles. The van der Waals surface area contributed by atoms with Gasteiger partial charge in [0.05, 0.1) is 19.8 Å². The number of methoxy groups -OCH3 is 1. The first-order chi connectivity index (χ1) is 11.0. The summed E-state index contributed by atoms with van der Waals surface area (Å²) in [5, 5.41) is 6.59. The number of hydrogen-bond acceptors (Lipinski definition) is 5. The lowest BCUT2D eigenvalue weighted by Gasteiger charge is -2.16. The molecule has 1 N–H and O–H groups in total. The van der Waals surface area contributed by atoms with Crippen molar-refractivity contribution in [2.45, 2.75) is 33.2 Å². The van der Waals surface area contributed by atoms with Gasteiger partial charge in [0.1, 0.15) is 5.76 Å². The molecule has 2 aromatic rings. The highest BCUT2D eigenvalue weighted by Crippen LogP contribution is 2.30. The van der Waals surface area contributed by atoms with Crippen LogP contribution in [0.25, 0.3) is 0 Å². The summed E-state index contributed by atoms with van der Waals surface area (Å²) in [5.41, 5.74) is 1.18. The lowest BCUT2D eigenvalue weighted by Crippen LogP contribution is -2.26. The van der Waals surface area contributed by atoms with Crippen LogP contribution < -0.4 is 14.8 Å². The van der Waals surface area contributed by atoms with Crippen LogP contribution in [0.5, 0.6) is 11.5 Å². The molecule has 0 radical (unpaired) electrons. The predicted octanol–water partition coefficient (Wildman–Crippen LogP) is 3.27. The molecule has 0 aliphatic heterocycles. The first-order valence-electron chi connectivity index (χ1n) is 7.60. The Morgan fingerprint density at radius 1 is 1.35 bits per heavy atom. The molecule has 0 aliphatic rings. The van der Waals surface area contributed by atoms with Crippen molar-refractivity contribution >= 4 is 5.91 Å². The molecule has 1 amide bonds. The summed E-state index contributed by atoms with van der Waals surface area (Å²) < 4.78 is 15.9. The molecule has 1 unspecified atom stereocenters. The zero-order valence-electron chi connectivity index (χ0n) is 13.9. The van der Waals surface area contributed by atoms with Crippen molar-refractivity contribution in [3.63, 3.8) is 0 Å². The van der Waals surface area contributed by atoms with Crippen molar-refractivity contribution < 1.29 is 18.8 Å². The van der Waals surface area contributed by atoms with Gasteiger partial charge >= 0.3 is 0 Å². The van der Waals surface area contributed by atoms with Crippen molar-refractivity contribution in [1.29, 1.82) is 0 Å². The fraction of sp³-hybridized carbons (Fsp3) is 0.412. The van der Waals surface area contributed by atoms with Gasteiger partial charge in [-0.1, -0.05) is 18.1 Å². The number of nitrogens with one attached hydrogen (secondary N) is 1. The molecule has 0 fully saturated rings. The topological polar surface area (TPSA) is 73.6 Å². The van der Waals surface area contributed by atoms with Gasteiger partial charge in [0.25, 0.3) is 5.91 Å². The van der Waals surface area contributed by atoms with Crippen molar-refractivity contribution in [2.75, 3.05) is 13.7 Å². The molecule has 124 valence electrons. The highest BCUT2D eigenvalue weighted by atomic mass is 16.5. The van der Waals surface area contributed by atoms with E-state index in [9.17, 15) is 4.79 Å². The van der Waals surface area contributed by atoms with Gasteiger partial charge < -0.3 is 19.3 Å². The van der Waals surface area contributed by atoms with E-state index < -0.39 is 0 Å². The maximum atomic E-state index is 12.1. The number of ether oxygens (including phenoxy) is 2. The van der Waals surface area contributed by atoms with Crippen LogP contribution in [-0.4, -0.2) is 24.8 Å². The average Bonchev–Trinajstić information content (AvgIpc) is 2.99. The zero-order chi connectivity index (χ0) is 16.8. The average molecular weight is 318 g/mol. The number of carbonyl (C=O) groups excluding carboxylic acids is 1. The van der Waals surface area contributed by atoms with Crippen LogP contribution in [0.3, 0.4) is 0 Å². The molecular formula is C17H22N2O4. The van der Waals surface area contributed by atoms with E-state index in [0.29, 0.717) is 23.9 Å². The highest BCUT2D eigenvalue weighted by Gasteiger charge is 2.16. The van der Waals surface area contributed by atoms with Gasteiger partial charge in [0, 0.05) is 6.07 Å². The summed E-state index contributed by atoms with van der Waals surface area (Å²) in [7, 11) is 1.60. The Morgan fingerprint density at radius 3 is 2.74 bits per heavy atom. The molecule has 0 saturated carbocycles. The molecule has 1 heterocycles. The molecule has 6 heteroatoms. The minimum absolute atomic E-state index is 0.200. The largest absolute Gasteiger partial charge is 0.493 e. The standard InChI is InChI=1S/C17H22N2O4/c1-5-8-22-15-7-6-13(10-16(15)21-4)12(3)18-17(20)14-9-11(2)23-19-14/h6-7,9-10,12H,5,8H2,1-4H3,(H,18,20). The summed E-state index contributed by atoms with van der Waals surface area (Å²) in [5.74, 6) is 1.67. The summed E-state index contributed by atoms with van der Waals surface area (Å²) in [6, 6.07) is 7.03. The van der Waals surface area contributed by atoms with Gasteiger partial charge in [0.2, 0.25) is 0 Å². The first-order valence-corrected chi connectivity index (χ1v) is 7.60. The minimum Gasteiger partial charge on any atom is -0.493 e. The number of amides is 1. The molecule has 6 nitrogen and oxygen atoms in total. The van der Waals surface area contributed by atoms with Crippen molar-refractivity contribution in [2.24, 2.45) is 0 Å². The summed E-state index contributed by atoms with van der Waals surface area (Å²) in [6.45, 7) is 6.32. The highest BCUT2D eigenvalue weighted by molar-refractivity contribution is 5.92.